The van der Waals surface area contributed by atoms with Gasteiger partial charge in [-0.1, -0.05) is 23.7 Å². The van der Waals surface area contributed by atoms with E-state index in [9.17, 15) is 0 Å². The molecule has 1 aromatic heterocycles. The van der Waals surface area contributed by atoms with Crippen LogP contribution in [0.3, 0.4) is 0 Å². The molecule has 2 N–H and O–H groups in total. The van der Waals surface area contributed by atoms with Gasteiger partial charge in [-0.25, -0.2) is 4.98 Å². The van der Waals surface area contributed by atoms with Crippen molar-refractivity contribution in [1.82, 2.24) is 9.97 Å². The highest BCUT2D eigenvalue weighted by Crippen LogP contribution is 2.25. The van der Waals surface area contributed by atoms with Crippen LogP contribution in [-0.2, 0) is 6.54 Å². The number of imidazole rings is 1. The number of H-pyrrole nitrogens is 1. The van der Waals surface area contributed by atoms with Gasteiger partial charge in [-0.3, -0.25) is 0 Å². The zero-order valence-corrected chi connectivity index (χ0v) is 10.1. The molecule has 0 radical (unpaired) electrons. The van der Waals surface area contributed by atoms with Gasteiger partial charge >= 0.3 is 0 Å². The highest BCUT2D eigenvalue weighted by Gasteiger charge is 2.05. The van der Waals surface area contributed by atoms with Gasteiger partial charge in [0.15, 0.2) is 0 Å². The van der Waals surface area contributed by atoms with E-state index < -0.39 is 0 Å². The maximum Gasteiger partial charge on any atom is 0.0925 e. The lowest BCUT2D eigenvalue weighted by molar-refractivity contribution is 1.05. The van der Waals surface area contributed by atoms with Gasteiger partial charge in [0.1, 0.15) is 0 Å². The maximum absolute atomic E-state index is 6.12. The van der Waals surface area contributed by atoms with E-state index in [1.807, 2.05) is 32.0 Å². The Labute approximate surface area is 99.9 Å². The predicted molar refractivity (Wildman–Crippen MR) is 66.8 cm³/mol. The lowest BCUT2D eigenvalue weighted by Crippen LogP contribution is -2.03. The molecule has 0 fully saturated rings. The van der Waals surface area contributed by atoms with Gasteiger partial charge in [-0.15, -0.1) is 0 Å². The maximum atomic E-state index is 6.12. The monoisotopic (exact) mass is 235 g/mol. The van der Waals surface area contributed by atoms with Crippen LogP contribution in [0.25, 0.3) is 0 Å². The Balaban J connectivity index is 2.14. The van der Waals surface area contributed by atoms with Crippen LogP contribution >= 0.6 is 11.6 Å². The number of aryl methyl sites for hydroxylation is 2. The molecule has 0 aliphatic carbocycles. The molecule has 1 heterocycles. The van der Waals surface area contributed by atoms with Gasteiger partial charge in [-0.2, -0.15) is 0 Å². The second-order valence-electron chi connectivity index (χ2n) is 3.76. The van der Waals surface area contributed by atoms with Crippen LogP contribution in [0.2, 0.25) is 5.02 Å². The number of anilines is 1. The van der Waals surface area contributed by atoms with E-state index in [1.54, 1.807) is 6.33 Å². The third-order valence-electron chi connectivity index (χ3n) is 2.59. The fraction of sp³-hybridized carbons (Fsp3) is 0.250. The molecule has 4 heteroatoms. The molecule has 0 amide bonds. The molecular weight excluding hydrogens is 222 g/mol. The summed E-state index contributed by atoms with van der Waals surface area (Å²) in [4.78, 5) is 7.28. The van der Waals surface area contributed by atoms with Crippen molar-refractivity contribution in [3.63, 3.8) is 0 Å². The zero-order chi connectivity index (χ0) is 11.5. The zero-order valence-electron chi connectivity index (χ0n) is 9.34. The van der Waals surface area contributed by atoms with E-state index >= 15 is 0 Å². The molecule has 84 valence electrons. The first kappa shape index (κ1) is 11.0. The summed E-state index contributed by atoms with van der Waals surface area (Å²) in [6.07, 6.45) is 1.70. The number of benzene rings is 1. The third-order valence-corrected chi connectivity index (χ3v) is 2.90. The van der Waals surface area contributed by atoms with Crippen LogP contribution in [-0.4, -0.2) is 9.97 Å². The van der Waals surface area contributed by atoms with Crippen molar-refractivity contribution in [1.29, 1.82) is 0 Å². The molecule has 3 nitrogen and oxygen atoms in total. The molecule has 0 saturated heterocycles. The highest BCUT2D eigenvalue weighted by molar-refractivity contribution is 6.33. The molecule has 16 heavy (non-hydrogen) atoms. The van der Waals surface area contributed by atoms with E-state index in [1.165, 1.54) is 0 Å². The second kappa shape index (κ2) is 4.58. The molecule has 0 saturated carbocycles. The first-order valence-corrected chi connectivity index (χ1v) is 5.54. The van der Waals surface area contributed by atoms with E-state index in [0.717, 1.165) is 27.7 Å². The standard InChI is InChI=1S/C12H14ClN3/c1-8-4-3-5-10(13)12(8)14-6-11-9(2)15-7-16-11/h3-5,7,14H,6H2,1-2H3,(H,15,16). The number of halogens is 1. The van der Waals surface area contributed by atoms with Crippen LogP contribution < -0.4 is 5.32 Å². The topological polar surface area (TPSA) is 40.7 Å². The number of hydrogen-bond donors (Lipinski definition) is 2. The Kier molecular flexibility index (Phi) is 3.15. The van der Waals surface area contributed by atoms with Crippen LogP contribution in [0.1, 0.15) is 17.0 Å². The lowest BCUT2D eigenvalue weighted by Gasteiger charge is -2.10. The van der Waals surface area contributed by atoms with E-state index in [4.69, 9.17) is 11.6 Å². The number of nitrogens with one attached hydrogen (secondary N) is 2. The SMILES string of the molecule is Cc1cccc(Cl)c1NCc1nc[nH]c1C. The van der Waals surface area contributed by atoms with Crippen molar-refractivity contribution in [2.75, 3.05) is 5.32 Å². The highest BCUT2D eigenvalue weighted by atomic mass is 35.5. The summed E-state index contributed by atoms with van der Waals surface area (Å²) in [7, 11) is 0. The molecular formula is C12H14ClN3. The number of rotatable bonds is 3. The Morgan fingerprint density at radius 2 is 2.19 bits per heavy atom. The van der Waals surface area contributed by atoms with Gasteiger partial charge in [-0.05, 0) is 25.5 Å². The molecule has 0 aliphatic rings. The molecule has 2 aromatic rings. The average molecular weight is 236 g/mol. The molecule has 0 bridgehead atoms. The Bertz CT molecular complexity index is 471. The smallest absolute Gasteiger partial charge is 0.0925 e. The number of nitrogens with zero attached hydrogens (tertiary/aromatic N) is 1. The predicted octanol–water partition coefficient (Wildman–Crippen LogP) is 3.29. The fourth-order valence-electron chi connectivity index (χ4n) is 1.59. The summed E-state index contributed by atoms with van der Waals surface area (Å²) in [6, 6.07) is 5.86. The van der Waals surface area contributed by atoms with Crippen LogP contribution in [0.15, 0.2) is 24.5 Å². The Morgan fingerprint density at radius 1 is 1.38 bits per heavy atom. The van der Waals surface area contributed by atoms with Crippen molar-refractivity contribution in [2.24, 2.45) is 0 Å². The molecule has 2 rings (SSSR count). The summed E-state index contributed by atoms with van der Waals surface area (Å²) in [5.41, 5.74) is 4.21. The third kappa shape index (κ3) is 2.19. The summed E-state index contributed by atoms with van der Waals surface area (Å²) in [5, 5.41) is 4.05. The molecule has 0 atom stereocenters. The summed E-state index contributed by atoms with van der Waals surface area (Å²) >= 11 is 6.12. The average Bonchev–Trinajstić information content (AvgIpc) is 2.64. The van der Waals surface area contributed by atoms with Gasteiger partial charge in [0.25, 0.3) is 0 Å². The van der Waals surface area contributed by atoms with E-state index in [2.05, 4.69) is 15.3 Å². The Morgan fingerprint density at radius 3 is 2.81 bits per heavy atom. The summed E-state index contributed by atoms with van der Waals surface area (Å²) < 4.78 is 0. The number of aromatic amines is 1. The number of hydrogen-bond acceptors (Lipinski definition) is 2. The van der Waals surface area contributed by atoms with E-state index in [-0.39, 0.29) is 0 Å². The van der Waals surface area contributed by atoms with Crippen molar-refractivity contribution in [2.45, 2.75) is 20.4 Å². The number of para-hydroxylation sites is 1. The lowest BCUT2D eigenvalue weighted by atomic mass is 10.2. The Hall–Kier alpha value is -1.48. The van der Waals surface area contributed by atoms with E-state index in [0.29, 0.717) is 6.54 Å². The molecule has 1 aromatic carbocycles. The minimum atomic E-state index is 0.680. The molecule has 0 aliphatic heterocycles. The summed E-state index contributed by atoms with van der Waals surface area (Å²) in [5.74, 6) is 0. The van der Waals surface area contributed by atoms with Gasteiger partial charge in [0.2, 0.25) is 0 Å². The minimum absolute atomic E-state index is 0.680. The van der Waals surface area contributed by atoms with Crippen LogP contribution in [0.4, 0.5) is 5.69 Å². The fourth-order valence-corrected chi connectivity index (χ4v) is 1.88. The molecule has 0 unspecified atom stereocenters. The first-order chi connectivity index (χ1) is 7.68. The van der Waals surface area contributed by atoms with Gasteiger partial charge in [0, 0.05) is 5.69 Å². The van der Waals surface area contributed by atoms with Crippen LogP contribution in [0, 0.1) is 13.8 Å². The first-order valence-electron chi connectivity index (χ1n) is 5.16. The minimum Gasteiger partial charge on any atom is -0.378 e. The quantitative estimate of drug-likeness (QED) is 0.857. The number of aromatic nitrogens is 2. The van der Waals surface area contributed by atoms with Crippen molar-refractivity contribution >= 4 is 17.3 Å². The van der Waals surface area contributed by atoms with Gasteiger partial charge < -0.3 is 10.3 Å². The van der Waals surface area contributed by atoms with Crippen molar-refractivity contribution in [3.8, 4) is 0 Å². The van der Waals surface area contributed by atoms with Crippen LogP contribution in [0.5, 0.6) is 0 Å². The summed E-state index contributed by atoms with van der Waals surface area (Å²) in [6.45, 7) is 4.72. The normalized spacial score (nSPS) is 10.4. The molecule has 0 spiro atoms. The van der Waals surface area contributed by atoms with Gasteiger partial charge in [0.05, 0.1) is 29.3 Å². The largest absolute Gasteiger partial charge is 0.378 e. The van der Waals surface area contributed by atoms with Crippen molar-refractivity contribution < 1.29 is 0 Å². The second-order valence-corrected chi connectivity index (χ2v) is 4.17. The van der Waals surface area contributed by atoms with Crippen molar-refractivity contribution in [3.05, 3.63) is 46.5 Å².